The summed E-state index contributed by atoms with van der Waals surface area (Å²) in [6.45, 7) is 1.86. The minimum Gasteiger partial charge on any atom is -0.467 e. The Hall–Kier alpha value is -2.78. The van der Waals surface area contributed by atoms with Gasteiger partial charge in [-0.3, -0.25) is 9.59 Å². The molecule has 28 heavy (non-hydrogen) atoms. The average Bonchev–Trinajstić information content (AvgIpc) is 3.37. The fourth-order valence-corrected chi connectivity index (χ4v) is 2.89. The first-order chi connectivity index (χ1) is 13.5. The summed E-state index contributed by atoms with van der Waals surface area (Å²) in [6.07, 6.45) is 1.53. The van der Waals surface area contributed by atoms with E-state index < -0.39 is 6.04 Å². The number of thioether (sulfide) groups is 1. The van der Waals surface area contributed by atoms with Gasteiger partial charge in [0.15, 0.2) is 0 Å². The fraction of sp³-hybridized carbons (Fsp3) is 0.222. The normalized spacial score (nSPS) is 11.8. The van der Waals surface area contributed by atoms with Crippen molar-refractivity contribution in [3.63, 3.8) is 0 Å². The van der Waals surface area contributed by atoms with E-state index in [-0.39, 0.29) is 29.3 Å². The number of hydrogen-bond acceptors (Lipinski definition) is 7. The number of carbonyl (C=O) groups excluding carboxylic acids is 2. The van der Waals surface area contributed by atoms with Crippen LogP contribution in [0.1, 0.15) is 12.7 Å². The molecule has 2 aromatic heterocycles. The molecule has 3 aromatic rings. The average molecular weight is 421 g/mol. The van der Waals surface area contributed by atoms with E-state index in [0.717, 1.165) is 17.3 Å². The highest BCUT2D eigenvalue weighted by Gasteiger charge is 2.17. The first kappa shape index (κ1) is 20.0. The van der Waals surface area contributed by atoms with Crippen LogP contribution in [0, 0.1) is 0 Å². The third kappa shape index (κ3) is 5.61. The predicted octanol–water partition coefficient (Wildman–Crippen LogP) is 2.90. The summed E-state index contributed by atoms with van der Waals surface area (Å²) in [5.41, 5.74) is 0.732. The molecule has 1 unspecified atom stereocenters. The smallest absolute Gasteiger partial charge is 0.277 e. The van der Waals surface area contributed by atoms with Crippen molar-refractivity contribution in [3.8, 4) is 11.5 Å². The van der Waals surface area contributed by atoms with E-state index in [1.54, 1.807) is 43.3 Å². The van der Waals surface area contributed by atoms with Crippen molar-refractivity contribution >= 4 is 35.2 Å². The van der Waals surface area contributed by atoms with Crippen molar-refractivity contribution in [2.45, 2.75) is 24.7 Å². The van der Waals surface area contributed by atoms with Gasteiger partial charge in [0.1, 0.15) is 11.8 Å². The van der Waals surface area contributed by atoms with E-state index >= 15 is 0 Å². The molecule has 8 nitrogen and oxygen atoms in total. The number of halogens is 1. The molecule has 3 rings (SSSR count). The van der Waals surface area contributed by atoms with E-state index in [4.69, 9.17) is 20.4 Å². The number of nitrogens with one attached hydrogen (secondary N) is 2. The molecule has 0 saturated carbocycles. The fourth-order valence-electron chi connectivity index (χ4n) is 2.19. The molecule has 0 aliphatic heterocycles. The maximum atomic E-state index is 12.0. The third-order valence-electron chi connectivity index (χ3n) is 3.61. The van der Waals surface area contributed by atoms with E-state index in [1.807, 2.05) is 0 Å². The van der Waals surface area contributed by atoms with Crippen LogP contribution < -0.4 is 10.6 Å². The molecule has 0 saturated heterocycles. The first-order valence-electron chi connectivity index (χ1n) is 8.33. The number of aromatic nitrogens is 2. The summed E-state index contributed by atoms with van der Waals surface area (Å²) < 4.78 is 10.7. The highest BCUT2D eigenvalue weighted by Crippen LogP contribution is 2.24. The zero-order valence-corrected chi connectivity index (χ0v) is 16.4. The number of nitrogens with zero attached hydrogens (tertiary/aromatic N) is 2. The molecule has 2 N–H and O–H groups in total. The maximum absolute atomic E-state index is 12.0. The molecule has 1 aromatic carbocycles. The molecule has 146 valence electrons. The summed E-state index contributed by atoms with van der Waals surface area (Å²) in [4.78, 5) is 24.1. The zero-order chi connectivity index (χ0) is 19.9. The maximum Gasteiger partial charge on any atom is 0.277 e. The quantitative estimate of drug-likeness (QED) is 0.539. The monoisotopic (exact) mass is 420 g/mol. The lowest BCUT2D eigenvalue weighted by Crippen LogP contribution is -2.45. The van der Waals surface area contributed by atoms with Crippen LogP contribution in [0.3, 0.4) is 0 Å². The summed E-state index contributed by atoms with van der Waals surface area (Å²) >= 11 is 6.94. The molecule has 0 spiro atoms. The third-order valence-corrected chi connectivity index (χ3v) is 4.68. The van der Waals surface area contributed by atoms with Gasteiger partial charge < -0.3 is 19.5 Å². The predicted molar refractivity (Wildman–Crippen MR) is 104 cm³/mol. The van der Waals surface area contributed by atoms with Crippen LogP contribution in [-0.2, 0) is 16.1 Å². The molecule has 0 aliphatic rings. The zero-order valence-electron chi connectivity index (χ0n) is 14.8. The molecule has 0 fully saturated rings. The number of amides is 2. The van der Waals surface area contributed by atoms with Gasteiger partial charge in [-0.2, -0.15) is 0 Å². The Morgan fingerprint density at radius 3 is 2.71 bits per heavy atom. The topological polar surface area (TPSA) is 110 Å². The Labute approximate surface area is 170 Å². The number of rotatable bonds is 8. The molecule has 0 bridgehead atoms. The van der Waals surface area contributed by atoms with Crippen LogP contribution in [0.15, 0.2) is 56.7 Å². The van der Waals surface area contributed by atoms with Gasteiger partial charge in [-0.15, -0.1) is 10.2 Å². The molecular formula is C18H17ClN4O4S. The van der Waals surface area contributed by atoms with Crippen LogP contribution in [-0.4, -0.2) is 33.8 Å². The summed E-state index contributed by atoms with van der Waals surface area (Å²) in [5, 5.41) is 14.0. The highest BCUT2D eigenvalue weighted by atomic mass is 35.5. The Bertz CT molecular complexity index is 927. The van der Waals surface area contributed by atoms with Crippen LogP contribution >= 0.6 is 23.4 Å². The van der Waals surface area contributed by atoms with Gasteiger partial charge in [0, 0.05) is 10.6 Å². The van der Waals surface area contributed by atoms with Crippen molar-refractivity contribution in [2.75, 3.05) is 5.75 Å². The van der Waals surface area contributed by atoms with Gasteiger partial charge in [-0.1, -0.05) is 23.4 Å². The summed E-state index contributed by atoms with van der Waals surface area (Å²) in [5.74, 6) is 0.382. The minimum absolute atomic E-state index is 0.0397. The first-order valence-corrected chi connectivity index (χ1v) is 9.69. The number of carbonyl (C=O) groups is 2. The number of benzene rings is 1. The van der Waals surface area contributed by atoms with Crippen molar-refractivity contribution in [2.24, 2.45) is 0 Å². The lowest BCUT2D eigenvalue weighted by molar-refractivity contribution is -0.127. The summed E-state index contributed by atoms with van der Waals surface area (Å²) in [6, 6.07) is 9.78. The van der Waals surface area contributed by atoms with Crippen LogP contribution in [0.25, 0.3) is 11.5 Å². The molecule has 10 heteroatoms. The standard InChI is InChI=1S/C18H17ClN4O4S/c1-11(16(25)20-9-14-3-2-8-26-14)21-15(24)10-28-18-23-22-17(27-18)12-4-6-13(19)7-5-12/h2-8,11H,9-10H2,1H3,(H,20,25)(H,21,24). The lowest BCUT2D eigenvalue weighted by atomic mass is 10.2. The molecule has 0 radical (unpaired) electrons. The molecule has 2 amide bonds. The van der Waals surface area contributed by atoms with E-state index in [1.165, 1.54) is 6.26 Å². The Kier molecular flexibility index (Phi) is 6.72. The van der Waals surface area contributed by atoms with Gasteiger partial charge in [-0.25, -0.2) is 0 Å². The van der Waals surface area contributed by atoms with Crippen LogP contribution in [0.4, 0.5) is 0 Å². The Morgan fingerprint density at radius 1 is 1.21 bits per heavy atom. The van der Waals surface area contributed by atoms with Crippen molar-refractivity contribution in [1.29, 1.82) is 0 Å². The van der Waals surface area contributed by atoms with Crippen molar-refractivity contribution < 1.29 is 18.4 Å². The molecular weight excluding hydrogens is 404 g/mol. The van der Waals surface area contributed by atoms with E-state index in [9.17, 15) is 9.59 Å². The Balaban J connectivity index is 1.43. The SMILES string of the molecule is CC(NC(=O)CSc1nnc(-c2ccc(Cl)cc2)o1)C(=O)NCc1ccco1. The molecule has 1 atom stereocenters. The van der Waals surface area contributed by atoms with Gasteiger partial charge in [-0.05, 0) is 43.3 Å². The van der Waals surface area contributed by atoms with E-state index in [0.29, 0.717) is 16.7 Å². The lowest BCUT2D eigenvalue weighted by Gasteiger charge is -2.13. The van der Waals surface area contributed by atoms with Gasteiger partial charge >= 0.3 is 0 Å². The van der Waals surface area contributed by atoms with Crippen molar-refractivity contribution in [1.82, 2.24) is 20.8 Å². The van der Waals surface area contributed by atoms with Gasteiger partial charge in [0.2, 0.25) is 17.7 Å². The van der Waals surface area contributed by atoms with Crippen LogP contribution in [0.2, 0.25) is 5.02 Å². The number of furan rings is 1. The second-order valence-corrected chi connectivity index (χ2v) is 7.12. The summed E-state index contributed by atoms with van der Waals surface area (Å²) in [7, 11) is 0. The number of hydrogen-bond donors (Lipinski definition) is 2. The molecule has 2 heterocycles. The minimum atomic E-state index is -0.685. The van der Waals surface area contributed by atoms with Crippen LogP contribution in [0.5, 0.6) is 0 Å². The Morgan fingerprint density at radius 2 is 2.00 bits per heavy atom. The second kappa shape index (κ2) is 9.43. The van der Waals surface area contributed by atoms with Gasteiger partial charge in [0.05, 0.1) is 18.6 Å². The van der Waals surface area contributed by atoms with Gasteiger partial charge in [0.25, 0.3) is 5.22 Å². The van der Waals surface area contributed by atoms with Crippen molar-refractivity contribution in [3.05, 3.63) is 53.4 Å². The highest BCUT2D eigenvalue weighted by molar-refractivity contribution is 7.99. The van der Waals surface area contributed by atoms with E-state index in [2.05, 4.69) is 20.8 Å². The molecule has 0 aliphatic carbocycles. The largest absolute Gasteiger partial charge is 0.467 e. The second-order valence-electron chi connectivity index (χ2n) is 5.76.